The number of hydrogen-bond acceptors (Lipinski definition) is 5. The first kappa shape index (κ1) is 17.0. The van der Waals surface area contributed by atoms with Gasteiger partial charge in [0, 0.05) is 55.0 Å². The average molecular weight is 396 g/mol. The summed E-state index contributed by atoms with van der Waals surface area (Å²) in [4.78, 5) is 17.4. The van der Waals surface area contributed by atoms with Crippen molar-refractivity contribution in [3.8, 4) is 0 Å². The summed E-state index contributed by atoms with van der Waals surface area (Å²) in [6, 6.07) is 16.9. The third-order valence-electron chi connectivity index (χ3n) is 5.40. The molecule has 0 aliphatic carbocycles. The van der Waals surface area contributed by atoms with Crippen molar-refractivity contribution in [1.82, 2.24) is 9.47 Å². The molecule has 0 saturated carbocycles. The Hall–Kier alpha value is -2.15. The molecule has 0 N–H and O–H groups in total. The summed E-state index contributed by atoms with van der Waals surface area (Å²) in [5, 5.41) is 3.54. The Balaban J connectivity index is 1.25. The Morgan fingerprint density at radius 3 is 2.56 bits per heavy atom. The Labute approximate surface area is 165 Å². The Morgan fingerprint density at radius 2 is 1.67 bits per heavy atom. The van der Waals surface area contributed by atoms with E-state index in [0.29, 0.717) is 0 Å². The van der Waals surface area contributed by atoms with Gasteiger partial charge in [0.15, 0.2) is 0 Å². The molecule has 1 fully saturated rings. The standard InChI is InChI=1S/C21H21N3OS2/c25-21-24(18-4-1-2-6-20(18)27-21)14-11-22-9-12-23(13-10-22)17-5-3-7-19-16(17)8-15-26-19/h1-8,15H,9-14H2. The fourth-order valence-electron chi connectivity index (χ4n) is 3.93. The number of anilines is 1. The molecule has 1 saturated heterocycles. The first-order valence-electron chi connectivity index (χ1n) is 9.31. The monoisotopic (exact) mass is 395 g/mol. The second kappa shape index (κ2) is 7.11. The van der Waals surface area contributed by atoms with E-state index in [9.17, 15) is 4.79 Å². The van der Waals surface area contributed by atoms with Crippen LogP contribution < -0.4 is 9.77 Å². The molecule has 5 rings (SSSR count). The van der Waals surface area contributed by atoms with Crippen LogP contribution in [0.3, 0.4) is 0 Å². The lowest BCUT2D eigenvalue weighted by Crippen LogP contribution is -2.47. The van der Waals surface area contributed by atoms with Crippen molar-refractivity contribution in [3.05, 3.63) is 63.6 Å². The summed E-state index contributed by atoms with van der Waals surface area (Å²) in [6.45, 7) is 5.84. The first-order valence-corrected chi connectivity index (χ1v) is 11.0. The zero-order valence-electron chi connectivity index (χ0n) is 15.0. The zero-order valence-corrected chi connectivity index (χ0v) is 16.6. The Morgan fingerprint density at radius 1 is 0.852 bits per heavy atom. The molecule has 1 aliphatic heterocycles. The minimum atomic E-state index is 0.152. The molecule has 0 bridgehead atoms. The van der Waals surface area contributed by atoms with Crippen molar-refractivity contribution in [2.45, 2.75) is 6.54 Å². The molecule has 4 aromatic rings. The fraction of sp³-hybridized carbons (Fsp3) is 0.286. The molecule has 0 atom stereocenters. The maximum Gasteiger partial charge on any atom is 0.308 e. The SMILES string of the molecule is O=c1sc2ccccc2n1CCN1CCN(c2cccc3sccc23)CC1. The van der Waals surface area contributed by atoms with Crippen LogP contribution in [0.15, 0.2) is 58.7 Å². The van der Waals surface area contributed by atoms with Crippen molar-refractivity contribution < 1.29 is 0 Å². The van der Waals surface area contributed by atoms with Gasteiger partial charge in [-0.25, -0.2) is 0 Å². The van der Waals surface area contributed by atoms with E-state index in [2.05, 4.69) is 39.4 Å². The van der Waals surface area contributed by atoms with Gasteiger partial charge < -0.3 is 4.90 Å². The molecule has 0 amide bonds. The fourth-order valence-corrected chi connectivity index (χ4v) is 5.66. The molecule has 0 spiro atoms. The highest BCUT2D eigenvalue weighted by atomic mass is 32.1. The lowest BCUT2D eigenvalue weighted by Gasteiger charge is -2.36. The summed E-state index contributed by atoms with van der Waals surface area (Å²) in [7, 11) is 0. The Bertz CT molecular complexity index is 1130. The van der Waals surface area contributed by atoms with Crippen LogP contribution in [0.25, 0.3) is 20.3 Å². The molecular formula is C21H21N3OS2. The highest BCUT2D eigenvalue weighted by Gasteiger charge is 2.19. The van der Waals surface area contributed by atoms with Crippen LogP contribution in [0.2, 0.25) is 0 Å². The van der Waals surface area contributed by atoms with Crippen LogP contribution in [0.5, 0.6) is 0 Å². The summed E-state index contributed by atoms with van der Waals surface area (Å²) in [5.41, 5.74) is 2.42. The quantitative estimate of drug-likeness (QED) is 0.521. The van der Waals surface area contributed by atoms with Crippen LogP contribution >= 0.6 is 22.7 Å². The third kappa shape index (κ3) is 3.18. The van der Waals surface area contributed by atoms with Crippen LogP contribution in [-0.2, 0) is 6.54 Å². The van der Waals surface area contributed by atoms with Crippen LogP contribution in [0.4, 0.5) is 5.69 Å². The van der Waals surface area contributed by atoms with Crippen molar-refractivity contribution >= 4 is 48.7 Å². The number of piperazine rings is 1. The van der Waals surface area contributed by atoms with Crippen molar-refractivity contribution in [3.63, 3.8) is 0 Å². The molecule has 27 heavy (non-hydrogen) atoms. The lowest BCUT2D eigenvalue weighted by atomic mass is 10.2. The van der Waals surface area contributed by atoms with Crippen LogP contribution in [-0.4, -0.2) is 42.2 Å². The highest BCUT2D eigenvalue weighted by molar-refractivity contribution is 7.17. The number of rotatable bonds is 4. The van der Waals surface area contributed by atoms with E-state index in [1.165, 1.54) is 27.1 Å². The van der Waals surface area contributed by atoms with Gasteiger partial charge in [0.2, 0.25) is 0 Å². The van der Waals surface area contributed by atoms with Gasteiger partial charge in [-0.1, -0.05) is 29.5 Å². The smallest absolute Gasteiger partial charge is 0.308 e. The number of nitrogens with zero attached hydrogens (tertiary/aromatic N) is 3. The molecule has 0 radical (unpaired) electrons. The number of aromatic nitrogens is 1. The third-order valence-corrected chi connectivity index (χ3v) is 7.24. The van der Waals surface area contributed by atoms with Crippen molar-refractivity contribution in [2.75, 3.05) is 37.6 Å². The van der Waals surface area contributed by atoms with Gasteiger partial charge in [-0.15, -0.1) is 11.3 Å². The number of benzene rings is 2. The summed E-state index contributed by atoms with van der Waals surface area (Å²) < 4.78 is 4.37. The van der Waals surface area contributed by atoms with E-state index in [1.54, 1.807) is 11.3 Å². The van der Waals surface area contributed by atoms with E-state index >= 15 is 0 Å². The summed E-state index contributed by atoms with van der Waals surface area (Å²) >= 11 is 3.15. The maximum absolute atomic E-state index is 12.3. The molecule has 3 heterocycles. The number of para-hydroxylation sites is 1. The van der Waals surface area contributed by atoms with E-state index < -0.39 is 0 Å². The molecule has 1 aliphatic rings. The topological polar surface area (TPSA) is 28.5 Å². The van der Waals surface area contributed by atoms with Gasteiger partial charge in [0.1, 0.15) is 0 Å². The van der Waals surface area contributed by atoms with Gasteiger partial charge in [0.05, 0.1) is 10.2 Å². The minimum absolute atomic E-state index is 0.152. The molecule has 0 unspecified atom stereocenters. The summed E-state index contributed by atoms with van der Waals surface area (Å²) in [6.07, 6.45) is 0. The molecule has 138 valence electrons. The number of thiazole rings is 1. The van der Waals surface area contributed by atoms with Crippen molar-refractivity contribution in [1.29, 1.82) is 0 Å². The van der Waals surface area contributed by atoms with E-state index in [1.807, 2.05) is 28.8 Å². The number of thiophene rings is 1. The number of fused-ring (bicyclic) bond motifs is 2. The van der Waals surface area contributed by atoms with E-state index in [-0.39, 0.29) is 4.87 Å². The predicted octanol–water partition coefficient (Wildman–Crippen LogP) is 4.10. The second-order valence-corrected chi connectivity index (χ2v) is 8.87. The van der Waals surface area contributed by atoms with Gasteiger partial charge in [0.25, 0.3) is 0 Å². The highest BCUT2D eigenvalue weighted by Crippen LogP contribution is 2.31. The second-order valence-electron chi connectivity index (χ2n) is 6.93. The van der Waals surface area contributed by atoms with Gasteiger partial charge >= 0.3 is 4.87 Å². The van der Waals surface area contributed by atoms with Crippen LogP contribution in [0.1, 0.15) is 0 Å². The zero-order chi connectivity index (χ0) is 18.2. The Kier molecular flexibility index (Phi) is 4.47. The van der Waals surface area contributed by atoms with Crippen LogP contribution in [0, 0.1) is 0 Å². The minimum Gasteiger partial charge on any atom is -0.368 e. The van der Waals surface area contributed by atoms with E-state index in [0.717, 1.165) is 49.5 Å². The normalized spacial score (nSPS) is 15.8. The average Bonchev–Trinajstić information content (AvgIpc) is 3.30. The first-order chi connectivity index (χ1) is 13.3. The lowest BCUT2D eigenvalue weighted by molar-refractivity contribution is 0.249. The van der Waals surface area contributed by atoms with Gasteiger partial charge in [-0.05, 0) is 35.7 Å². The van der Waals surface area contributed by atoms with Gasteiger partial charge in [-0.3, -0.25) is 14.3 Å². The molecule has 6 heteroatoms. The largest absolute Gasteiger partial charge is 0.368 e. The molecule has 4 nitrogen and oxygen atoms in total. The maximum atomic E-state index is 12.3. The molecule has 2 aromatic carbocycles. The van der Waals surface area contributed by atoms with E-state index in [4.69, 9.17) is 0 Å². The number of hydrogen-bond donors (Lipinski definition) is 0. The van der Waals surface area contributed by atoms with Gasteiger partial charge in [-0.2, -0.15) is 0 Å². The summed E-state index contributed by atoms with van der Waals surface area (Å²) in [5.74, 6) is 0. The molecule has 2 aromatic heterocycles. The predicted molar refractivity (Wildman–Crippen MR) is 117 cm³/mol. The van der Waals surface area contributed by atoms with Crippen molar-refractivity contribution in [2.24, 2.45) is 0 Å². The molecular weight excluding hydrogens is 374 g/mol.